The third-order valence-electron chi connectivity index (χ3n) is 3.06. The predicted octanol–water partition coefficient (Wildman–Crippen LogP) is 1.98. The molecule has 0 aromatic heterocycles. The van der Waals surface area contributed by atoms with Gasteiger partial charge in [-0.25, -0.2) is 0 Å². The van der Waals surface area contributed by atoms with E-state index >= 15 is 0 Å². The van der Waals surface area contributed by atoms with Gasteiger partial charge in [-0.05, 0) is 12.1 Å². The van der Waals surface area contributed by atoms with E-state index in [9.17, 15) is 9.59 Å². The Morgan fingerprint density at radius 1 is 1.37 bits per heavy atom. The SMILES string of the molecule is COC(=O)C1CC(=O)N(c2cc(Br)cc(OC)c2)C1. The van der Waals surface area contributed by atoms with Crippen LogP contribution in [0.15, 0.2) is 22.7 Å². The van der Waals surface area contributed by atoms with Gasteiger partial charge in [0.15, 0.2) is 0 Å². The number of hydrogen-bond donors (Lipinski definition) is 0. The Bertz CT molecular complexity index is 517. The summed E-state index contributed by atoms with van der Waals surface area (Å²) in [4.78, 5) is 25.0. The van der Waals surface area contributed by atoms with Crippen LogP contribution in [0.4, 0.5) is 5.69 Å². The van der Waals surface area contributed by atoms with Crippen molar-refractivity contribution in [2.24, 2.45) is 5.92 Å². The largest absolute Gasteiger partial charge is 0.497 e. The van der Waals surface area contributed by atoms with Crippen LogP contribution in [0.5, 0.6) is 5.75 Å². The molecular formula is C13H14BrNO4. The highest BCUT2D eigenvalue weighted by atomic mass is 79.9. The van der Waals surface area contributed by atoms with Crippen molar-refractivity contribution in [1.82, 2.24) is 0 Å². The lowest BCUT2D eigenvalue weighted by Crippen LogP contribution is -2.26. The van der Waals surface area contributed by atoms with Gasteiger partial charge < -0.3 is 14.4 Å². The Morgan fingerprint density at radius 3 is 2.74 bits per heavy atom. The van der Waals surface area contributed by atoms with Gasteiger partial charge in [-0.1, -0.05) is 15.9 Å². The second-order valence-electron chi connectivity index (χ2n) is 4.28. The van der Waals surface area contributed by atoms with Crippen LogP contribution in [0.25, 0.3) is 0 Å². The van der Waals surface area contributed by atoms with Gasteiger partial charge in [-0.15, -0.1) is 0 Å². The molecule has 1 unspecified atom stereocenters. The highest BCUT2D eigenvalue weighted by Gasteiger charge is 2.36. The molecule has 2 rings (SSSR count). The maximum absolute atomic E-state index is 12.0. The van der Waals surface area contributed by atoms with Crippen LogP contribution in [-0.4, -0.2) is 32.6 Å². The zero-order valence-corrected chi connectivity index (χ0v) is 12.3. The number of carbonyl (C=O) groups excluding carboxylic acids is 2. The molecular weight excluding hydrogens is 314 g/mol. The third kappa shape index (κ3) is 2.89. The molecule has 1 aromatic rings. The molecule has 1 heterocycles. The zero-order valence-electron chi connectivity index (χ0n) is 10.7. The zero-order chi connectivity index (χ0) is 14.0. The van der Waals surface area contributed by atoms with Gasteiger partial charge >= 0.3 is 5.97 Å². The molecule has 0 radical (unpaired) electrons. The molecule has 1 atom stereocenters. The second-order valence-corrected chi connectivity index (χ2v) is 5.19. The molecule has 0 N–H and O–H groups in total. The van der Waals surface area contributed by atoms with Crippen molar-refractivity contribution < 1.29 is 19.1 Å². The molecule has 102 valence electrons. The summed E-state index contributed by atoms with van der Waals surface area (Å²) in [7, 11) is 2.90. The van der Waals surface area contributed by atoms with E-state index in [2.05, 4.69) is 20.7 Å². The Morgan fingerprint density at radius 2 is 2.11 bits per heavy atom. The summed E-state index contributed by atoms with van der Waals surface area (Å²) in [5.74, 6) is -0.186. The lowest BCUT2D eigenvalue weighted by molar-refractivity contribution is -0.145. The van der Waals surface area contributed by atoms with Gasteiger partial charge in [0.2, 0.25) is 5.91 Å². The van der Waals surface area contributed by atoms with E-state index in [1.54, 1.807) is 18.1 Å². The van der Waals surface area contributed by atoms with E-state index in [4.69, 9.17) is 4.74 Å². The first-order valence-electron chi connectivity index (χ1n) is 5.78. The predicted molar refractivity (Wildman–Crippen MR) is 73.2 cm³/mol. The maximum atomic E-state index is 12.0. The molecule has 1 aliphatic heterocycles. The molecule has 1 amide bonds. The number of esters is 1. The fourth-order valence-corrected chi connectivity index (χ4v) is 2.56. The molecule has 1 aliphatic rings. The summed E-state index contributed by atoms with van der Waals surface area (Å²) in [6.07, 6.45) is 0.182. The molecule has 19 heavy (non-hydrogen) atoms. The minimum absolute atomic E-state index is 0.0875. The molecule has 0 aliphatic carbocycles. The molecule has 6 heteroatoms. The first kappa shape index (κ1) is 13.9. The number of ether oxygens (including phenoxy) is 2. The fourth-order valence-electron chi connectivity index (χ4n) is 2.10. The first-order chi connectivity index (χ1) is 9.05. The average molecular weight is 328 g/mol. The summed E-state index contributed by atoms with van der Waals surface area (Å²) in [6.45, 7) is 0.338. The summed E-state index contributed by atoms with van der Waals surface area (Å²) in [6, 6.07) is 5.39. The third-order valence-corrected chi connectivity index (χ3v) is 3.52. The van der Waals surface area contributed by atoms with Crippen molar-refractivity contribution in [2.45, 2.75) is 6.42 Å². The average Bonchev–Trinajstić information content (AvgIpc) is 2.79. The first-order valence-corrected chi connectivity index (χ1v) is 6.57. The number of anilines is 1. The van der Waals surface area contributed by atoms with Gasteiger partial charge in [0.1, 0.15) is 5.75 Å². The normalized spacial score (nSPS) is 18.6. The molecule has 1 fully saturated rings. The molecule has 1 saturated heterocycles. The maximum Gasteiger partial charge on any atom is 0.311 e. The molecule has 0 saturated carbocycles. The van der Waals surface area contributed by atoms with Gasteiger partial charge in [-0.2, -0.15) is 0 Å². The Balaban J connectivity index is 2.25. The van der Waals surface area contributed by atoms with Crippen molar-refractivity contribution in [3.63, 3.8) is 0 Å². The minimum Gasteiger partial charge on any atom is -0.497 e. The van der Waals surface area contributed by atoms with Crippen molar-refractivity contribution in [1.29, 1.82) is 0 Å². The lowest BCUT2D eigenvalue weighted by atomic mass is 10.1. The topological polar surface area (TPSA) is 55.8 Å². The summed E-state index contributed by atoms with van der Waals surface area (Å²) >= 11 is 3.37. The van der Waals surface area contributed by atoms with E-state index in [-0.39, 0.29) is 18.3 Å². The van der Waals surface area contributed by atoms with Crippen molar-refractivity contribution in [3.8, 4) is 5.75 Å². The molecule has 0 spiro atoms. The Hall–Kier alpha value is -1.56. The lowest BCUT2D eigenvalue weighted by Gasteiger charge is -2.17. The standard InChI is InChI=1S/C13H14BrNO4/c1-18-11-5-9(14)4-10(6-11)15-7-8(3-12(15)16)13(17)19-2/h4-6,8H,3,7H2,1-2H3. The van der Waals surface area contributed by atoms with E-state index in [1.807, 2.05) is 12.1 Å². The number of hydrogen-bond acceptors (Lipinski definition) is 4. The van der Waals surface area contributed by atoms with E-state index in [0.717, 1.165) is 4.47 Å². The Labute approximate surface area is 119 Å². The smallest absolute Gasteiger partial charge is 0.311 e. The van der Waals surface area contributed by atoms with E-state index in [0.29, 0.717) is 18.0 Å². The van der Waals surface area contributed by atoms with Crippen LogP contribution in [0, 0.1) is 5.92 Å². The van der Waals surface area contributed by atoms with Crippen LogP contribution < -0.4 is 9.64 Å². The van der Waals surface area contributed by atoms with Crippen LogP contribution in [-0.2, 0) is 14.3 Å². The van der Waals surface area contributed by atoms with Crippen LogP contribution >= 0.6 is 15.9 Å². The number of amides is 1. The molecule has 1 aromatic carbocycles. The fraction of sp³-hybridized carbons (Fsp3) is 0.385. The van der Waals surface area contributed by atoms with Crippen LogP contribution in [0.2, 0.25) is 0 Å². The number of rotatable bonds is 3. The number of methoxy groups -OCH3 is 2. The minimum atomic E-state index is -0.400. The monoisotopic (exact) mass is 327 g/mol. The van der Waals surface area contributed by atoms with Gasteiger partial charge in [-0.3, -0.25) is 9.59 Å². The van der Waals surface area contributed by atoms with Gasteiger partial charge in [0, 0.05) is 29.2 Å². The quantitative estimate of drug-likeness (QED) is 0.796. The summed E-state index contributed by atoms with van der Waals surface area (Å²) < 4.78 is 10.7. The number of halogens is 1. The van der Waals surface area contributed by atoms with Crippen molar-refractivity contribution >= 4 is 33.5 Å². The van der Waals surface area contributed by atoms with Crippen LogP contribution in [0.1, 0.15) is 6.42 Å². The number of benzene rings is 1. The highest BCUT2D eigenvalue weighted by Crippen LogP contribution is 2.31. The summed E-state index contributed by atoms with van der Waals surface area (Å²) in [5, 5.41) is 0. The van der Waals surface area contributed by atoms with Crippen molar-refractivity contribution in [3.05, 3.63) is 22.7 Å². The molecule has 0 bridgehead atoms. The van der Waals surface area contributed by atoms with E-state index in [1.165, 1.54) is 7.11 Å². The van der Waals surface area contributed by atoms with Gasteiger partial charge in [0.25, 0.3) is 0 Å². The number of nitrogens with zero attached hydrogens (tertiary/aromatic N) is 1. The van der Waals surface area contributed by atoms with Crippen molar-refractivity contribution in [2.75, 3.05) is 25.7 Å². The van der Waals surface area contributed by atoms with Crippen LogP contribution in [0.3, 0.4) is 0 Å². The Kier molecular flexibility index (Phi) is 4.09. The van der Waals surface area contributed by atoms with Gasteiger partial charge in [0.05, 0.1) is 20.1 Å². The van der Waals surface area contributed by atoms with E-state index < -0.39 is 5.92 Å². The summed E-state index contributed by atoms with van der Waals surface area (Å²) in [5.41, 5.74) is 0.711. The number of carbonyl (C=O) groups is 2. The molecule has 5 nitrogen and oxygen atoms in total. The second kappa shape index (κ2) is 5.61. The highest BCUT2D eigenvalue weighted by molar-refractivity contribution is 9.10.